The maximum atomic E-state index is 12.0. The molecule has 1 rings (SSSR count). The van der Waals surface area contributed by atoms with E-state index in [2.05, 4.69) is 20.9 Å². The molecule has 0 aromatic rings. The van der Waals surface area contributed by atoms with Crippen LogP contribution < -0.4 is 16.0 Å². The number of likely N-dealkylation sites (tertiary alicyclic amines) is 1. The first-order valence-electron chi connectivity index (χ1n) is 10.6. The molecule has 1 heterocycles. The van der Waals surface area contributed by atoms with Crippen molar-refractivity contribution in [2.24, 2.45) is 4.99 Å². The van der Waals surface area contributed by atoms with E-state index in [1.165, 1.54) is 0 Å². The van der Waals surface area contributed by atoms with Crippen molar-refractivity contribution in [1.29, 1.82) is 0 Å². The summed E-state index contributed by atoms with van der Waals surface area (Å²) in [5.74, 6) is 1.05. The van der Waals surface area contributed by atoms with Gasteiger partial charge in [-0.15, -0.1) is 0 Å². The molecule has 0 saturated carbocycles. The van der Waals surface area contributed by atoms with Crippen LogP contribution in [0.3, 0.4) is 0 Å². The van der Waals surface area contributed by atoms with Gasteiger partial charge in [-0.3, -0.25) is 9.79 Å². The van der Waals surface area contributed by atoms with Crippen LogP contribution in [0.15, 0.2) is 4.99 Å². The molecule has 0 aliphatic carbocycles. The number of carbonyl (C=O) groups excluding carboxylic acids is 2. The van der Waals surface area contributed by atoms with Crippen LogP contribution in [0, 0.1) is 0 Å². The summed E-state index contributed by atoms with van der Waals surface area (Å²) in [6.45, 7) is 11.9. The molecular weight excluding hydrogens is 358 g/mol. The smallest absolute Gasteiger partial charge is 0.407 e. The average molecular weight is 398 g/mol. The Morgan fingerprint density at radius 2 is 1.86 bits per heavy atom. The van der Waals surface area contributed by atoms with Gasteiger partial charge >= 0.3 is 6.09 Å². The van der Waals surface area contributed by atoms with Crippen molar-refractivity contribution in [3.8, 4) is 0 Å². The second-order valence-electron chi connectivity index (χ2n) is 8.01. The summed E-state index contributed by atoms with van der Waals surface area (Å²) >= 11 is 0. The van der Waals surface area contributed by atoms with Crippen molar-refractivity contribution < 1.29 is 14.3 Å². The van der Waals surface area contributed by atoms with Crippen molar-refractivity contribution in [2.75, 3.05) is 39.3 Å². The highest BCUT2D eigenvalue weighted by molar-refractivity contribution is 5.79. The molecule has 0 aromatic heterocycles. The highest BCUT2D eigenvalue weighted by Gasteiger charge is 2.16. The Bertz CT molecular complexity index is 503. The van der Waals surface area contributed by atoms with E-state index in [9.17, 15) is 9.59 Å². The summed E-state index contributed by atoms with van der Waals surface area (Å²) in [5, 5.41) is 9.23. The molecular formula is C20H39N5O3. The minimum atomic E-state index is -0.481. The first kappa shape index (κ1) is 24.0. The third kappa shape index (κ3) is 11.7. The van der Waals surface area contributed by atoms with Gasteiger partial charge in [0, 0.05) is 45.7 Å². The number of alkyl carbamates (subject to hydrolysis) is 1. The lowest BCUT2D eigenvalue weighted by molar-refractivity contribution is -0.130. The van der Waals surface area contributed by atoms with Gasteiger partial charge in [0.05, 0.1) is 0 Å². The number of hydrogen-bond donors (Lipinski definition) is 3. The van der Waals surface area contributed by atoms with Crippen LogP contribution in [0.2, 0.25) is 0 Å². The van der Waals surface area contributed by atoms with Crippen LogP contribution in [0.4, 0.5) is 4.79 Å². The van der Waals surface area contributed by atoms with Gasteiger partial charge in [0.1, 0.15) is 5.60 Å². The SMILES string of the molecule is CCNC(=NCCCN1CCCCCC1=O)NCCCNC(=O)OC(C)(C)C. The molecule has 162 valence electrons. The normalized spacial score (nSPS) is 15.8. The largest absolute Gasteiger partial charge is 0.444 e. The number of amides is 2. The Morgan fingerprint density at radius 1 is 1.11 bits per heavy atom. The molecule has 1 aliphatic heterocycles. The number of ether oxygens (including phenoxy) is 1. The Kier molecular flexibility index (Phi) is 11.4. The Balaban J connectivity index is 2.22. The van der Waals surface area contributed by atoms with Crippen LogP contribution in [0.5, 0.6) is 0 Å². The molecule has 1 aliphatic rings. The average Bonchev–Trinajstić information content (AvgIpc) is 2.81. The van der Waals surface area contributed by atoms with Crippen molar-refractivity contribution in [1.82, 2.24) is 20.9 Å². The number of guanidine groups is 1. The number of aliphatic imine (C=N–C) groups is 1. The summed E-state index contributed by atoms with van der Waals surface area (Å²) in [5.41, 5.74) is -0.481. The van der Waals surface area contributed by atoms with Gasteiger partial charge in [-0.1, -0.05) is 6.42 Å². The van der Waals surface area contributed by atoms with Crippen molar-refractivity contribution in [3.63, 3.8) is 0 Å². The van der Waals surface area contributed by atoms with E-state index in [0.29, 0.717) is 26.1 Å². The van der Waals surface area contributed by atoms with Gasteiger partial charge in [0.15, 0.2) is 5.96 Å². The van der Waals surface area contributed by atoms with Gasteiger partial charge in [0.2, 0.25) is 5.91 Å². The van der Waals surface area contributed by atoms with Crippen molar-refractivity contribution in [2.45, 2.75) is 71.8 Å². The van der Waals surface area contributed by atoms with Crippen molar-refractivity contribution in [3.05, 3.63) is 0 Å². The van der Waals surface area contributed by atoms with E-state index >= 15 is 0 Å². The van der Waals surface area contributed by atoms with E-state index in [1.54, 1.807) is 0 Å². The number of rotatable bonds is 9. The zero-order valence-electron chi connectivity index (χ0n) is 18.1. The summed E-state index contributed by atoms with van der Waals surface area (Å²) < 4.78 is 5.20. The molecule has 1 saturated heterocycles. The predicted octanol–water partition coefficient (Wildman–Crippen LogP) is 2.25. The van der Waals surface area contributed by atoms with E-state index < -0.39 is 11.7 Å². The van der Waals surface area contributed by atoms with Crippen LogP contribution >= 0.6 is 0 Å². The van der Waals surface area contributed by atoms with Gasteiger partial charge in [-0.25, -0.2) is 4.79 Å². The van der Waals surface area contributed by atoms with E-state index in [1.807, 2.05) is 32.6 Å². The Morgan fingerprint density at radius 3 is 2.57 bits per heavy atom. The highest BCUT2D eigenvalue weighted by atomic mass is 16.6. The molecule has 8 nitrogen and oxygen atoms in total. The fraction of sp³-hybridized carbons (Fsp3) is 0.850. The molecule has 2 amide bonds. The summed E-state index contributed by atoms with van der Waals surface area (Å²) in [6.07, 6.45) is 5.20. The van der Waals surface area contributed by atoms with Gasteiger partial charge in [0.25, 0.3) is 0 Å². The van der Waals surface area contributed by atoms with Crippen LogP contribution in [0.25, 0.3) is 0 Å². The number of nitrogens with zero attached hydrogens (tertiary/aromatic N) is 2. The molecule has 0 bridgehead atoms. The topological polar surface area (TPSA) is 95.1 Å². The Hall–Kier alpha value is -1.99. The molecule has 0 radical (unpaired) electrons. The third-order valence-corrected chi connectivity index (χ3v) is 4.19. The number of carbonyl (C=O) groups is 2. The molecule has 3 N–H and O–H groups in total. The van der Waals surface area contributed by atoms with E-state index in [-0.39, 0.29) is 5.91 Å². The first-order valence-corrected chi connectivity index (χ1v) is 10.6. The Labute approximate surface area is 169 Å². The van der Waals surface area contributed by atoms with Crippen molar-refractivity contribution >= 4 is 18.0 Å². The van der Waals surface area contributed by atoms with Gasteiger partial charge in [-0.05, 0) is 53.4 Å². The molecule has 0 atom stereocenters. The second-order valence-corrected chi connectivity index (χ2v) is 8.01. The molecule has 0 spiro atoms. The predicted molar refractivity (Wildman–Crippen MR) is 113 cm³/mol. The monoisotopic (exact) mass is 397 g/mol. The molecule has 0 aromatic carbocycles. The van der Waals surface area contributed by atoms with Gasteiger partial charge in [-0.2, -0.15) is 0 Å². The molecule has 28 heavy (non-hydrogen) atoms. The quantitative estimate of drug-likeness (QED) is 0.315. The standard InChI is InChI=1S/C20H39N5O3/c1-5-21-18(22-12-9-13-24-19(27)28-20(2,3)4)23-14-10-16-25-15-8-6-7-11-17(25)26/h5-16H2,1-4H3,(H,24,27)(H2,21,22,23). The second kappa shape index (κ2) is 13.2. The zero-order chi connectivity index (χ0) is 20.8. The lowest BCUT2D eigenvalue weighted by Gasteiger charge is -2.20. The van der Waals surface area contributed by atoms with Gasteiger partial charge < -0.3 is 25.6 Å². The minimum absolute atomic E-state index is 0.281. The minimum Gasteiger partial charge on any atom is -0.444 e. The maximum Gasteiger partial charge on any atom is 0.407 e. The summed E-state index contributed by atoms with van der Waals surface area (Å²) in [4.78, 5) is 30.1. The molecule has 1 fully saturated rings. The molecule has 8 heteroatoms. The van der Waals surface area contributed by atoms with E-state index in [0.717, 1.165) is 57.7 Å². The highest BCUT2D eigenvalue weighted by Crippen LogP contribution is 2.11. The lowest BCUT2D eigenvalue weighted by atomic mass is 10.2. The maximum absolute atomic E-state index is 12.0. The third-order valence-electron chi connectivity index (χ3n) is 4.19. The van der Waals surface area contributed by atoms with Crippen LogP contribution in [-0.2, 0) is 9.53 Å². The summed E-state index contributed by atoms with van der Waals surface area (Å²) in [7, 11) is 0. The zero-order valence-corrected chi connectivity index (χ0v) is 18.1. The molecule has 0 unspecified atom stereocenters. The fourth-order valence-electron chi connectivity index (χ4n) is 2.87. The van der Waals surface area contributed by atoms with Crippen LogP contribution in [0.1, 0.15) is 66.2 Å². The summed E-state index contributed by atoms with van der Waals surface area (Å²) in [6, 6.07) is 0. The first-order chi connectivity index (χ1) is 13.3. The van der Waals surface area contributed by atoms with Crippen LogP contribution in [-0.4, -0.2) is 67.7 Å². The number of nitrogens with one attached hydrogen (secondary N) is 3. The van der Waals surface area contributed by atoms with E-state index in [4.69, 9.17) is 4.74 Å². The fourth-order valence-corrected chi connectivity index (χ4v) is 2.87. The lowest BCUT2D eigenvalue weighted by Crippen LogP contribution is -2.39. The number of hydrogen-bond acceptors (Lipinski definition) is 4.